The lowest BCUT2D eigenvalue weighted by molar-refractivity contribution is -0.110. The summed E-state index contributed by atoms with van der Waals surface area (Å²) in [6.45, 7) is 0. The molecule has 0 aliphatic heterocycles. The predicted molar refractivity (Wildman–Crippen MR) is 47.1 cm³/mol. The fraction of sp³-hybridized carbons (Fsp3) is 0.778. The third-order valence-corrected chi connectivity index (χ3v) is 1.87. The van der Waals surface area contributed by atoms with Gasteiger partial charge in [0, 0.05) is 27.1 Å². The van der Waals surface area contributed by atoms with Gasteiger partial charge in [-0.15, -0.1) is 0 Å². The summed E-state index contributed by atoms with van der Waals surface area (Å²) in [6, 6.07) is 2.02. The second-order valence-corrected chi connectivity index (χ2v) is 2.72. The van der Waals surface area contributed by atoms with Gasteiger partial charge in [0.05, 0.1) is 24.7 Å². The third-order valence-electron chi connectivity index (χ3n) is 1.87. The number of nitrogens with zero attached hydrogens (tertiary/aromatic N) is 1. The van der Waals surface area contributed by atoms with E-state index < -0.39 is 0 Å². The van der Waals surface area contributed by atoms with Gasteiger partial charge in [-0.1, -0.05) is 0 Å². The molecule has 0 heterocycles. The number of hydrogen-bond acceptors (Lipinski definition) is 4. The maximum absolute atomic E-state index is 10.2. The van der Waals surface area contributed by atoms with E-state index in [1.165, 1.54) is 0 Å². The second kappa shape index (κ2) is 7.71. The van der Waals surface area contributed by atoms with Crippen LogP contribution in [-0.4, -0.2) is 32.7 Å². The molecule has 0 rings (SSSR count). The van der Waals surface area contributed by atoms with Crippen LogP contribution in [0.25, 0.3) is 0 Å². The molecule has 0 aliphatic rings. The molecule has 13 heavy (non-hydrogen) atoms. The third kappa shape index (κ3) is 5.34. The molecule has 0 aromatic carbocycles. The predicted octanol–water partition coefficient (Wildman–Crippen LogP) is 0.909. The van der Waals surface area contributed by atoms with Crippen LogP contribution in [0.5, 0.6) is 0 Å². The summed E-state index contributed by atoms with van der Waals surface area (Å²) < 4.78 is 10.1. The van der Waals surface area contributed by atoms with Crippen LogP contribution in [0.2, 0.25) is 0 Å². The van der Waals surface area contributed by atoms with E-state index in [0.717, 1.165) is 6.29 Å². The van der Waals surface area contributed by atoms with Gasteiger partial charge in [-0.05, 0) is 0 Å². The Morgan fingerprint density at radius 2 is 2.00 bits per heavy atom. The topological polar surface area (TPSA) is 59.3 Å². The normalized spacial score (nSPS) is 14.5. The Kier molecular flexibility index (Phi) is 7.17. The summed E-state index contributed by atoms with van der Waals surface area (Å²) in [6.07, 6.45) is 1.79. The summed E-state index contributed by atoms with van der Waals surface area (Å²) in [5.41, 5.74) is 0. The van der Waals surface area contributed by atoms with Crippen LogP contribution in [0.4, 0.5) is 0 Å². The standard InChI is InChI=1S/C9H15NO3/c1-12-8(3-5-10)7-9(13-2)4-6-11/h6,8-9H,3-4,7H2,1-2H3. The second-order valence-electron chi connectivity index (χ2n) is 2.72. The van der Waals surface area contributed by atoms with Crippen molar-refractivity contribution < 1.29 is 14.3 Å². The van der Waals surface area contributed by atoms with Crippen LogP contribution in [0.15, 0.2) is 0 Å². The minimum Gasteiger partial charge on any atom is -0.381 e. The van der Waals surface area contributed by atoms with Crippen molar-refractivity contribution in [1.29, 1.82) is 5.26 Å². The van der Waals surface area contributed by atoms with Crippen molar-refractivity contribution in [3.8, 4) is 6.07 Å². The van der Waals surface area contributed by atoms with Crippen LogP contribution in [-0.2, 0) is 14.3 Å². The lowest BCUT2D eigenvalue weighted by atomic mass is 10.1. The van der Waals surface area contributed by atoms with Gasteiger partial charge in [-0.25, -0.2) is 0 Å². The molecule has 74 valence electrons. The fourth-order valence-electron chi connectivity index (χ4n) is 1.05. The Morgan fingerprint density at radius 1 is 1.38 bits per heavy atom. The van der Waals surface area contributed by atoms with Gasteiger partial charge < -0.3 is 14.3 Å². The molecule has 4 heteroatoms. The van der Waals surface area contributed by atoms with Crippen molar-refractivity contribution >= 4 is 6.29 Å². The largest absolute Gasteiger partial charge is 0.381 e. The first-order chi connectivity index (χ1) is 6.28. The van der Waals surface area contributed by atoms with Crippen molar-refractivity contribution in [2.75, 3.05) is 14.2 Å². The zero-order valence-corrected chi connectivity index (χ0v) is 8.03. The van der Waals surface area contributed by atoms with E-state index in [9.17, 15) is 4.79 Å². The van der Waals surface area contributed by atoms with Gasteiger partial charge in [-0.3, -0.25) is 0 Å². The average molecular weight is 185 g/mol. The van der Waals surface area contributed by atoms with E-state index in [-0.39, 0.29) is 12.2 Å². The minimum absolute atomic E-state index is 0.143. The molecule has 0 bridgehead atoms. The zero-order valence-electron chi connectivity index (χ0n) is 8.03. The van der Waals surface area contributed by atoms with Crippen molar-refractivity contribution in [2.45, 2.75) is 31.5 Å². The lowest BCUT2D eigenvalue weighted by Gasteiger charge is -2.17. The Hall–Kier alpha value is -0.920. The maximum Gasteiger partial charge on any atom is 0.122 e. The van der Waals surface area contributed by atoms with E-state index in [0.29, 0.717) is 19.3 Å². The molecule has 0 fully saturated rings. The monoisotopic (exact) mass is 185 g/mol. The maximum atomic E-state index is 10.2. The number of carbonyl (C=O) groups excluding carboxylic acids is 1. The molecule has 4 nitrogen and oxygen atoms in total. The molecule has 0 amide bonds. The van der Waals surface area contributed by atoms with Gasteiger partial charge in [0.15, 0.2) is 0 Å². The summed E-state index contributed by atoms with van der Waals surface area (Å²) in [5.74, 6) is 0. The molecule has 0 aliphatic carbocycles. The Balaban J connectivity index is 3.88. The number of aldehydes is 1. The number of ether oxygens (including phenoxy) is 2. The molecule has 0 saturated heterocycles. The van der Waals surface area contributed by atoms with E-state index in [2.05, 4.69) is 0 Å². The highest BCUT2D eigenvalue weighted by Gasteiger charge is 2.14. The molecule has 0 N–H and O–H groups in total. The molecule has 2 unspecified atom stereocenters. The molecule has 2 atom stereocenters. The SMILES string of the molecule is COC(CC#N)CC(CC=O)OC. The van der Waals surface area contributed by atoms with Crippen LogP contribution in [0.1, 0.15) is 19.3 Å². The first kappa shape index (κ1) is 12.1. The summed E-state index contributed by atoms with van der Waals surface area (Å²) in [4.78, 5) is 10.2. The Bertz CT molecular complexity index is 176. The van der Waals surface area contributed by atoms with Gasteiger partial charge >= 0.3 is 0 Å². The van der Waals surface area contributed by atoms with Crippen LogP contribution in [0, 0.1) is 11.3 Å². The van der Waals surface area contributed by atoms with Gasteiger partial charge in [0.2, 0.25) is 0 Å². The minimum atomic E-state index is -0.144. The first-order valence-corrected chi connectivity index (χ1v) is 4.14. The molecule has 0 spiro atoms. The quantitative estimate of drug-likeness (QED) is 0.553. The van der Waals surface area contributed by atoms with E-state index in [1.807, 2.05) is 6.07 Å². The zero-order chi connectivity index (χ0) is 10.1. The molecule has 0 radical (unpaired) electrons. The van der Waals surface area contributed by atoms with E-state index in [4.69, 9.17) is 14.7 Å². The van der Waals surface area contributed by atoms with Gasteiger partial charge in [0.1, 0.15) is 6.29 Å². The molecular formula is C9H15NO3. The molecule has 0 aromatic heterocycles. The highest BCUT2D eigenvalue weighted by molar-refractivity contribution is 5.50. The number of carbonyl (C=O) groups is 1. The molecule has 0 aromatic rings. The van der Waals surface area contributed by atoms with Gasteiger partial charge in [-0.2, -0.15) is 5.26 Å². The van der Waals surface area contributed by atoms with Crippen molar-refractivity contribution in [3.05, 3.63) is 0 Å². The Labute approximate surface area is 78.4 Å². The van der Waals surface area contributed by atoms with Crippen molar-refractivity contribution in [1.82, 2.24) is 0 Å². The van der Waals surface area contributed by atoms with Crippen LogP contribution in [0.3, 0.4) is 0 Å². The molecule has 0 saturated carbocycles. The van der Waals surface area contributed by atoms with Crippen molar-refractivity contribution in [2.24, 2.45) is 0 Å². The first-order valence-electron chi connectivity index (χ1n) is 4.14. The highest BCUT2D eigenvalue weighted by Crippen LogP contribution is 2.10. The number of hydrogen-bond donors (Lipinski definition) is 0. The highest BCUT2D eigenvalue weighted by atomic mass is 16.5. The average Bonchev–Trinajstić information content (AvgIpc) is 2.16. The molecular weight excluding hydrogens is 170 g/mol. The van der Waals surface area contributed by atoms with Crippen molar-refractivity contribution in [3.63, 3.8) is 0 Å². The summed E-state index contributed by atoms with van der Waals surface area (Å²) >= 11 is 0. The van der Waals surface area contributed by atoms with Gasteiger partial charge in [0.25, 0.3) is 0 Å². The van der Waals surface area contributed by atoms with E-state index >= 15 is 0 Å². The number of nitriles is 1. The lowest BCUT2D eigenvalue weighted by Crippen LogP contribution is -2.21. The Morgan fingerprint density at radius 3 is 2.38 bits per heavy atom. The fourth-order valence-corrected chi connectivity index (χ4v) is 1.05. The number of methoxy groups -OCH3 is 2. The van der Waals surface area contributed by atoms with E-state index in [1.54, 1.807) is 14.2 Å². The van der Waals surface area contributed by atoms with Crippen LogP contribution < -0.4 is 0 Å². The summed E-state index contributed by atoms with van der Waals surface area (Å²) in [5, 5.41) is 8.44. The summed E-state index contributed by atoms with van der Waals surface area (Å²) in [7, 11) is 3.10. The van der Waals surface area contributed by atoms with Crippen LogP contribution >= 0.6 is 0 Å². The number of rotatable bonds is 7. The smallest absolute Gasteiger partial charge is 0.122 e.